The lowest BCUT2D eigenvalue weighted by Crippen LogP contribution is -2.47. The molecule has 0 aliphatic carbocycles. The molecule has 1 atom stereocenters. The fraction of sp³-hybridized carbons (Fsp3) is 0.296. The summed E-state index contributed by atoms with van der Waals surface area (Å²) >= 11 is 0. The number of hydrogen-bond donors (Lipinski definition) is 2. The quantitative estimate of drug-likeness (QED) is 0.410. The molecule has 0 bridgehead atoms. The first kappa shape index (κ1) is 27.0. The summed E-state index contributed by atoms with van der Waals surface area (Å²) in [6.07, 6.45) is 1.90. The molecule has 196 valence electrons. The predicted octanol–water partition coefficient (Wildman–Crippen LogP) is 2.99. The Labute approximate surface area is 218 Å². The minimum Gasteiger partial charge on any atom is -0.351 e. The van der Waals surface area contributed by atoms with Crippen LogP contribution in [0.2, 0.25) is 0 Å². The molecule has 0 aromatic heterocycles. The summed E-state index contributed by atoms with van der Waals surface area (Å²) in [5.74, 6) is -0.478. The van der Waals surface area contributed by atoms with Gasteiger partial charge >= 0.3 is 0 Å². The van der Waals surface area contributed by atoms with Gasteiger partial charge in [0.1, 0.15) is 6.04 Å². The first-order valence-corrected chi connectivity index (χ1v) is 15.1. The second-order valence-corrected chi connectivity index (χ2v) is 12.8. The molecule has 2 N–H and O–H groups in total. The number of hydrogen-bond acceptors (Lipinski definition) is 5. The van der Waals surface area contributed by atoms with Gasteiger partial charge in [-0.3, -0.25) is 4.79 Å². The molecule has 0 saturated carbocycles. The molecule has 8 nitrogen and oxygen atoms in total. The van der Waals surface area contributed by atoms with Crippen LogP contribution in [0.15, 0.2) is 88.7 Å². The van der Waals surface area contributed by atoms with Gasteiger partial charge in [-0.2, -0.15) is 9.03 Å². The van der Waals surface area contributed by atoms with E-state index in [9.17, 15) is 21.6 Å². The molecule has 0 spiro atoms. The van der Waals surface area contributed by atoms with Crippen LogP contribution in [0, 0.1) is 6.92 Å². The molecule has 10 heteroatoms. The first-order chi connectivity index (χ1) is 17.6. The van der Waals surface area contributed by atoms with E-state index in [1.54, 1.807) is 24.3 Å². The van der Waals surface area contributed by atoms with Gasteiger partial charge in [-0.1, -0.05) is 60.2 Å². The van der Waals surface area contributed by atoms with Crippen molar-refractivity contribution in [2.75, 3.05) is 13.1 Å². The maximum absolute atomic E-state index is 13.1. The van der Waals surface area contributed by atoms with E-state index in [1.165, 1.54) is 28.6 Å². The Morgan fingerprint density at radius 1 is 0.811 bits per heavy atom. The molecule has 1 fully saturated rings. The Bertz CT molecular complexity index is 1420. The van der Waals surface area contributed by atoms with E-state index in [2.05, 4.69) is 10.0 Å². The van der Waals surface area contributed by atoms with Gasteiger partial charge in [-0.25, -0.2) is 16.8 Å². The molecule has 1 aliphatic rings. The van der Waals surface area contributed by atoms with Crippen LogP contribution >= 0.6 is 0 Å². The van der Waals surface area contributed by atoms with Crippen LogP contribution in [-0.2, 0) is 37.8 Å². The van der Waals surface area contributed by atoms with Gasteiger partial charge in [-0.15, -0.1) is 0 Å². The highest BCUT2D eigenvalue weighted by atomic mass is 32.2. The number of sulfonamides is 2. The lowest BCUT2D eigenvalue weighted by atomic mass is 10.1. The maximum Gasteiger partial charge on any atom is 0.243 e. The average molecular weight is 542 g/mol. The molecule has 1 aliphatic heterocycles. The third-order valence-corrected chi connectivity index (χ3v) is 9.72. The first-order valence-electron chi connectivity index (χ1n) is 12.1. The summed E-state index contributed by atoms with van der Waals surface area (Å²) in [6, 6.07) is 21.0. The van der Waals surface area contributed by atoms with Crippen LogP contribution in [0.3, 0.4) is 0 Å². The Morgan fingerprint density at radius 2 is 1.41 bits per heavy atom. The minimum atomic E-state index is -3.94. The van der Waals surface area contributed by atoms with Crippen molar-refractivity contribution < 1.29 is 21.6 Å². The summed E-state index contributed by atoms with van der Waals surface area (Å²) < 4.78 is 55.5. The molecule has 0 radical (unpaired) electrons. The lowest BCUT2D eigenvalue weighted by Gasteiger charge is -2.19. The van der Waals surface area contributed by atoms with Gasteiger partial charge in [0.2, 0.25) is 26.0 Å². The van der Waals surface area contributed by atoms with Gasteiger partial charge in [0.25, 0.3) is 0 Å². The molecule has 1 heterocycles. The fourth-order valence-corrected chi connectivity index (χ4v) is 6.89. The minimum absolute atomic E-state index is 0.0822. The van der Waals surface area contributed by atoms with Crippen molar-refractivity contribution in [2.45, 2.75) is 48.6 Å². The average Bonchev–Trinajstić information content (AvgIpc) is 3.44. The Hall–Kier alpha value is -3.05. The maximum atomic E-state index is 13.1. The summed E-state index contributed by atoms with van der Waals surface area (Å²) in [5, 5.41) is 2.79. The number of nitrogens with one attached hydrogen (secondary N) is 2. The number of carbonyl (C=O) groups excluding carboxylic acids is 1. The molecule has 3 aromatic carbocycles. The second-order valence-electron chi connectivity index (χ2n) is 9.15. The normalized spacial score (nSPS) is 15.4. The zero-order chi connectivity index (χ0) is 26.5. The number of benzene rings is 3. The van der Waals surface area contributed by atoms with Crippen molar-refractivity contribution in [3.05, 3.63) is 95.6 Å². The van der Waals surface area contributed by atoms with E-state index >= 15 is 0 Å². The van der Waals surface area contributed by atoms with Crippen LogP contribution < -0.4 is 10.0 Å². The van der Waals surface area contributed by atoms with Crippen molar-refractivity contribution in [3.63, 3.8) is 0 Å². The number of rotatable bonds is 10. The fourth-order valence-electron chi connectivity index (χ4n) is 4.18. The van der Waals surface area contributed by atoms with Crippen molar-refractivity contribution in [1.29, 1.82) is 0 Å². The highest BCUT2D eigenvalue weighted by molar-refractivity contribution is 7.89. The largest absolute Gasteiger partial charge is 0.351 e. The monoisotopic (exact) mass is 541 g/mol. The third kappa shape index (κ3) is 6.84. The summed E-state index contributed by atoms with van der Waals surface area (Å²) in [6.45, 7) is 3.05. The zero-order valence-corrected chi connectivity index (χ0v) is 22.3. The van der Waals surface area contributed by atoms with Gasteiger partial charge in [0.05, 0.1) is 9.79 Å². The van der Waals surface area contributed by atoms with Crippen LogP contribution in [0.5, 0.6) is 0 Å². The highest BCUT2D eigenvalue weighted by Crippen LogP contribution is 2.21. The van der Waals surface area contributed by atoms with Gasteiger partial charge in [0.15, 0.2) is 0 Å². The smallest absolute Gasteiger partial charge is 0.243 e. The van der Waals surface area contributed by atoms with Gasteiger partial charge in [-0.05, 0) is 61.6 Å². The number of aryl methyl sites for hydroxylation is 1. The van der Waals surface area contributed by atoms with Gasteiger partial charge < -0.3 is 5.32 Å². The molecular formula is C27H31N3O5S2. The van der Waals surface area contributed by atoms with E-state index in [1.807, 2.05) is 37.3 Å². The van der Waals surface area contributed by atoms with E-state index in [-0.39, 0.29) is 22.8 Å². The molecule has 1 unspecified atom stereocenters. The Balaban J connectivity index is 1.46. The topological polar surface area (TPSA) is 113 Å². The molecule has 3 aromatic rings. The lowest BCUT2D eigenvalue weighted by molar-refractivity contribution is -0.122. The van der Waals surface area contributed by atoms with Crippen LogP contribution in [0.4, 0.5) is 0 Å². The summed E-state index contributed by atoms with van der Waals surface area (Å²) in [5.41, 5.74) is 2.44. The molecule has 37 heavy (non-hydrogen) atoms. The van der Waals surface area contributed by atoms with Crippen molar-refractivity contribution in [1.82, 2.24) is 14.3 Å². The summed E-state index contributed by atoms with van der Waals surface area (Å²) in [7, 11) is -7.45. The highest BCUT2D eigenvalue weighted by Gasteiger charge is 2.28. The van der Waals surface area contributed by atoms with E-state index in [0.717, 1.165) is 24.0 Å². The van der Waals surface area contributed by atoms with Crippen molar-refractivity contribution in [2.24, 2.45) is 0 Å². The van der Waals surface area contributed by atoms with E-state index in [4.69, 9.17) is 0 Å². The number of nitrogens with zero attached hydrogens (tertiary/aromatic N) is 1. The molecular weight excluding hydrogens is 510 g/mol. The van der Waals surface area contributed by atoms with Gasteiger partial charge in [0, 0.05) is 19.6 Å². The van der Waals surface area contributed by atoms with Crippen LogP contribution in [0.25, 0.3) is 0 Å². The van der Waals surface area contributed by atoms with E-state index < -0.39 is 32.0 Å². The number of carbonyl (C=O) groups is 1. The van der Waals surface area contributed by atoms with E-state index in [0.29, 0.717) is 18.7 Å². The van der Waals surface area contributed by atoms with Crippen molar-refractivity contribution in [3.8, 4) is 0 Å². The second kappa shape index (κ2) is 11.6. The molecule has 1 saturated heterocycles. The SMILES string of the molecule is Cc1ccc(S(=O)(=O)NC(Cc2ccccc2)C(=O)NCc2ccc(S(=O)(=O)N3CCCC3)cc2)cc1. The standard InChI is InChI=1S/C27H31N3O5S2/c1-21-9-13-24(14-10-21)36(32,33)29-26(19-22-7-3-2-4-8-22)27(31)28-20-23-11-15-25(16-12-23)37(34,35)30-17-5-6-18-30/h2-4,7-16,26,29H,5-6,17-20H2,1H3,(H,28,31). The van der Waals surface area contributed by atoms with Crippen molar-refractivity contribution >= 4 is 26.0 Å². The van der Waals surface area contributed by atoms with Crippen LogP contribution in [0.1, 0.15) is 29.5 Å². The Kier molecular flexibility index (Phi) is 8.43. The summed E-state index contributed by atoms with van der Waals surface area (Å²) in [4.78, 5) is 13.4. The molecule has 1 amide bonds. The predicted molar refractivity (Wildman–Crippen MR) is 142 cm³/mol. The Morgan fingerprint density at radius 3 is 2.03 bits per heavy atom. The zero-order valence-electron chi connectivity index (χ0n) is 20.6. The van der Waals surface area contributed by atoms with Crippen LogP contribution in [-0.4, -0.2) is 46.2 Å². The molecule has 4 rings (SSSR count). The third-order valence-electron chi connectivity index (χ3n) is 6.32. The number of amides is 1.